The number of nitrogens with one attached hydrogen (secondary N) is 1. The SMILES string of the molecule is Fc1cccc(Cl)c1CNCc1ccc2c(c1)OCCO2. The van der Waals surface area contributed by atoms with Crippen LogP contribution < -0.4 is 14.8 Å². The molecule has 0 amide bonds. The van der Waals surface area contributed by atoms with Crippen LogP contribution in [0.25, 0.3) is 0 Å². The second-order valence-electron chi connectivity index (χ2n) is 4.78. The van der Waals surface area contributed by atoms with E-state index in [0.717, 1.165) is 17.1 Å². The summed E-state index contributed by atoms with van der Waals surface area (Å²) >= 11 is 5.99. The van der Waals surface area contributed by atoms with Crippen LogP contribution in [0, 0.1) is 5.82 Å². The highest BCUT2D eigenvalue weighted by Gasteiger charge is 2.12. The summed E-state index contributed by atoms with van der Waals surface area (Å²) in [5.41, 5.74) is 1.53. The summed E-state index contributed by atoms with van der Waals surface area (Å²) in [5.74, 6) is 1.23. The van der Waals surface area contributed by atoms with Gasteiger partial charge in [-0.1, -0.05) is 23.7 Å². The van der Waals surface area contributed by atoms with Gasteiger partial charge in [-0.3, -0.25) is 0 Å². The Morgan fingerprint density at radius 2 is 1.86 bits per heavy atom. The van der Waals surface area contributed by atoms with E-state index in [1.807, 2.05) is 18.2 Å². The molecule has 2 aromatic carbocycles. The molecule has 0 bridgehead atoms. The monoisotopic (exact) mass is 307 g/mol. The van der Waals surface area contributed by atoms with Crippen molar-refractivity contribution in [1.82, 2.24) is 5.32 Å². The largest absolute Gasteiger partial charge is 0.486 e. The second-order valence-corrected chi connectivity index (χ2v) is 5.19. The lowest BCUT2D eigenvalue weighted by Gasteiger charge is -2.19. The van der Waals surface area contributed by atoms with Crippen LogP contribution in [-0.2, 0) is 13.1 Å². The predicted molar refractivity (Wildman–Crippen MR) is 79.4 cm³/mol. The first-order valence-electron chi connectivity index (χ1n) is 6.76. The Hall–Kier alpha value is -1.78. The first-order valence-corrected chi connectivity index (χ1v) is 7.14. The standard InChI is InChI=1S/C16H15ClFNO2/c17-13-2-1-3-14(18)12(13)10-19-9-11-4-5-15-16(8-11)21-7-6-20-15/h1-5,8,19H,6-7,9-10H2. The van der Waals surface area contributed by atoms with Crippen molar-refractivity contribution in [2.24, 2.45) is 0 Å². The Kier molecular flexibility index (Phi) is 4.27. The van der Waals surface area contributed by atoms with Gasteiger partial charge in [0.05, 0.1) is 0 Å². The van der Waals surface area contributed by atoms with Gasteiger partial charge in [0.1, 0.15) is 19.0 Å². The van der Waals surface area contributed by atoms with Gasteiger partial charge >= 0.3 is 0 Å². The highest BCUT2D eigenvalue weighted by Crippen LogP contribution is 2.30. The molecule has 0 radical (unpaired) electrons. The lowest BCUT2D eigenvalue weighted by atomic mass is 10.1. The third kappa shape index (κ3) is 3.28. The molecule has 0 saturated carbocycles. The minimum atomic E-state index is -0.294. The fourth-order valence-corrected chi connectivity index (χ4v) is 2.46. The number of benzene rings is 2. The van der Waals surface area contributed by atoms with E-state index in [0.29, 0.717) is 36.9 Å². The fraction of sp³-hybridized carbons (Fsp3) is 0.250. The Bertz CT molecular complexity index is 628. The summed E-state index contributed by atoms with van der Waals surface area (Å²) < 4.78 is 24.6. The summed E-state index contributed by atoms with van der Waals surface area (Å²) in [6.45, 7) is 2.12. The third-order valence-electron chi connectivity index (χ3n) is 3.30. The molecule has 0 aliphatic carbocycles. The van der Waals surface area contributed by atoms with Gasteiger partial charge in [-0.05, 0) is 29.8 Å². The van der Waals surface area contributed by atoms with Crippen molar-refractivity contribution in [2.45, 2.75) is 13.1 Å². The summed E-state index contributed by atoms with van der Waals surface area (Å²) in [6.07, 6.45) is 0. The van der Waals surface area contributed by atoms with Crippen molar-refractivity contribution in [3.05, 3.63) is 58.4 Å². The van der Waals surface area contributed by atoms with Crippen molar-refractivity contribution in [3.63, 3.8) is 0 Å². The fourth-order valence-electron chi connectivity index (χ4n) is 2.23. The Labute approximate surface area is 127 Å². The molecule has 0 unspecified atom stereocenters. The Morgan fingerprint density at radius 1 is 1.05 bits per heavy atom. The number of halogens is 2. The van der Waals surface area contributed by atoms with Crippen molar-refractivity contribution < 1.29 is 13.9 Å². The van der Waals surface area contributed by atoms with Crippen molar-refractivity contribution in [1.29, 1.82) is 0 Å². The van der Waals surface area contributed by atoms with Crippen LogP contribution in [0.3, 0.4) is 0 Å². The molecule has 0 saturated heterocycles. The maximum Gasteiger partial charge on any atom is 0.161 e. The van der Waals surface area contributed by atoms with Crippen molar-refractivity contribution >= 4 is 11.6 Å². The van der Waals surface area contributed by atoms with Crippen LogP contribution in [0.5, 0.6) is 11.5 Å². The van der Waals surface area contributed by atoms with Gasteiger partial charge in [0.15, 0.2) is 11.5 Å². The number of rotatable bonds is 4. The van der Waals surface area contributed by atoms with Gasteiger partial charge in [-0.2, -0.15) is 0 Å². The average Bonchev–Trinajstić information content (AvgIpc) is 2.50. The molecule has 2 aromatic rings. The molecule has 5 heteroatoms. The zero-order chi connectivity index (χ0) is 14.7. The van der Waals surface area contributed by atoms with Gasteiger partial charge < -0.3 is 14.8 Å². The molecular weight excluding hydrogens is 293 g/mol. The molecule has 1 aliphatic heterocycles. The summed E-state index contributed by atoms with van der Waals surface area (Å²) in [4.78, 5) is 0. The van der Waals surface area contributed by atoms with Crippen LogP contribution >= 0.6 is 11.6 Å². The van der Waals surface area contributed by atoms with Crippen LogP contribution in [0.2, 0.25) is 5.02 Å². The Balaban J connectivity index is 1.63. The van der Waals surface area contributed by atoms with Crippen molar-refractivity contribution in [2.75, 3.05) is 13.2 Å². The number of ether oxygens (including phenoxy) is 2. The zero-order valence-electron chi connectivity index (χ0n) is 11.4. The molecule has 1 N–H and O–H groups in total. The number of hydrogen-bond acceptors (Lipinski definition) is 3. The third-order valence-corrected chi connectivity index (χ3v) is 3.65. The normalized spacial score (nSPS) is 13.2. The molecule has 3 nitrogen and oxygen atoms in total. The van der Waals surface area contributed by atoms with Crippen LogP contribution in [0.15, 0.2) is 36.4 Å². The van der Waals surface area contributed by atoms with E-state index in [2.05, 4.69) is 5.32 Å². The molecular formula is C16H15ClFNO2. The van der Waals surface area contributed by atoms with E-state index in [9.17, 15) is 4.39 Å². The van der Waals surface area contributed by atoms with E-state index in [1.54, 1.807) is 12.1 Å². The first kappa shape index (κ1) is 14.2. The first-order chi connectivity index (χ1) is 10.2. The number of hydrogen-bond donors (Lipinski definition) is 1. The van der Waals surface area contributed by atoms with E-state index in [1.165, 1.54) is 6.07 Å². The molecule has 3 rings (SSSR count). The second kappa shape index (κ2) is 6.33. The molecule has 1 aliphatic rings. The van der Waals surface area contributed by atoms with Gasteiger partial charge in [-0.25, -0.2) is 4.39 Å². The van der Waals surface area contributed by atoms with Gasteiger partial charge in [0.2, 0.25) is 0 Å². The molecule has 1 heterocycles. The van der Waals surface area contributed by atoms with E-state index < -0.39 is 0 Å². The molecule has 0 spiro atoms. The lowest BCUT2D eigenvalue weighted by molar-refractivity contribution is 0.171. The molecule has 0 aromatic heterocycles. The van der Waals surface area contributed by atoms with E-state index >= 15 is 0 Å². The predicted octanol–water partition coefficient (Wildman–Crippen LogP) is 3.54. The smallest absolute Gasteiger partial charge is 0.161 e. The highest BCUT2D eigenvalue weighted by molar-refractivity contribution is 6.31. The molecule has 0 atom stereocenters. The average molecular weight is 308 g/mol. The topological polar surface area (TPSA) is 30.5 Å². The molecule has 0 fully saturated rings. The van der Waals surface area contributed by atoms with Crippen LogP contribution in [0.4, 0.5) is 4.39 Å². The summed E-state index contributed by atoms with van der Waals surface area (Å²) in [6, 6.07) is 10.5. The zero-order valence-corrected chi connectivity index (χ0v) is 12.1. The van der Waals surface area contributed by atoms with Crippen LogP contribution in [0.1, 0.15) is 11.1 Å². The molecule has 110 valence electrons. The Morgan fingerprint density at radius 3 is 2.67 bits per heavy atom. The maximum atomic E-state index is 13.6. The van der Waals surface area contributed by atoms with E-state index in [-0.39, 0.29) is 5.82 Å². The van der Waals surface area contributed by atoms with Gasteiger partial charge in [0.25, 0.3) is 0 Å². The lowest BCUT2D eigenvalue weighted by Crippen LogP contribution is -2.17. The minimum Gasteiger partial charge on any atom is -0.486 e. The van der Waals surface area contributed by atoms with Gasteiger partial charge in [0, 0.05) is 23.7 Å². The summed E-state index contributed by atoms with van der Waals surface area (Å²) in [5, 5.41) is 3.62. The van der Waals surface area contributed by atoms with Crippen LogP contribution in [-0.4, -0.2) is 13.2 Å². The quantitative estimate of drug-likeness (QED) is 0.937. The maximum absolute atomic E-state index is 13.6. The highest BCUT2D eigenvalue weighted by atomic mass is 35.5. The minimum absolute atomic E-state index is 0.294. The molecule has 21 heavy (non-hydrogen) atoms. The number of fused-ring (bicyclic) bond motifs is 1. The summed E-state index contributed by atoms with van der Waals surface area (Å²) in [7, 11) is 0. The van der Waals surface area contributed by atoms with E-state index in [4.69, 9.17) is 21.1 Å². The van der Waals surface area contributed by atoms with Crippen molar-refractivity contribution in [3.8, 4) is 11.5 Å². The van der Waals surface area contributed by atoms with Gasteiger partial charge in [-0.15, -0.1) is 0 Å².